The quantitative estimate of drug-likeness (QED) is 0.627. The molecule has 1 aromatic carbocycles. The molecule has 0 aliphatic carbocycles. The van der Waals surface area contributed by atoms with Crippen molar-refractivity contribution in [3.63, 3.8) is 0 Å². The van der Waals surface area contributed by atoms with E-state index >= 15 is 0 Å². The van der Waals surface area contributed by atoms with Crippen molar-refractivity contribution in [2.75, 3.05) is 0 Å². The zero-order valence-electron chi connectivity index (χ0n) is 8.78. The van der Waals surface area contributed by atoms with Gasteiger partial charge in [0.1, 0.15) is 12.4 Å². The highest BCUT2D eigenvalue weighted by Gasteiger charge is 2.06. The molecule has 3 rings (SSSR count). The standard InChI is InChI=1S/C12H7N5/c13-7-11-15-8-17(16-11)12-10-4-2-1-3-9(10)5-6-14-12/h1-6,8H. The van der Waals surface area contributed by atoms with Gasteiger partial charge in [-0.2, -0.15) is 5.26 Å². The lowest BCUT2D eigenvalue weighted by atomic mass is 10.2. The number of benzene rings is 1. The van der Waals surface area contributed by atoms with E-state index in [2.05, 4.69) is 15.1 Å². The Hall–Kier alpha value is -2.74. The Kier molecular flexibility index (Phi) is 2.06. The number of pyridine rings is 1. The lowest BCUT2D eigenvalue weighted by Crippen LogP contribution is -1.99. The van der Waals surface area contributed by atoms with Gasteiger partial charge in [-0.25, -0.2) is 14.6 Å². The maximum atomic E-state index is 8.70. The van der Waals surface area contributed by atoms with Gasteiger partial charge in [0.05, 0.1) is 0 Å². The van der Waals surface area contributed by atoms with Crippen molar-refractivity contribution in [1.29, 1.82) is 5.26 Å². The molecule has 0 radical (unpaired) electrons. The summed E-state index contributed by atoms with van der Waals surface area (Å²) in [5, 5.41) is 14.8. The number of nitrogens with zero attached hydrogens (tertiary/aromatic N) is 5. The van der Waals surface area contributed by atoms with Gasteiger partial charge in [-0.15, -0.1) is 5.10 Å². The second-order valence-electron chi connectivity index (χ2n) is 3.48. The van der Waals surface area contributed by atoms with Crippen LogP contribution in [-0.2, 0) is 0 Å². The number of nitriles is 1. The minimum atomic E-state index is 0.139. The molecule has 80 valence electrons. The Bertz CT molecular complexity index is 718. The molecule has 0 atom stereocenters. The third kappa shape index (κ3) is 1.52. The summed E-state index contributed by atoms with van der Waals surface area (Å²) in [6.45, 7) is 0. The van der Waals surface area contributed by atoms with Gasteiger partial charge in [0.15, 0.2) is 5.82 Å². The number of hydrogen-bond acceptors (Lipinski definition) is 4. The zero-order valence-corrected chi connectivity index (χ0v) is 8.78. The van der Waals surface area contributed by atoms with Gasteiger partial charge in [0.2, 0.25) is 0 Å². The fraction of sp³-hybridized carbons (Fsp3) is 0. The number of fused-ring (bicyclic) bond motifs is 1. The molecule has 0 unspecified atom stereocenters. The Morgan fingerprint density at radius 1 is 1.12 bits per heavy atom. The Labute approximate surface area is 97.0 Å². The average molecular weight is 221 g/mol. The molecule has 0 bridgehead atoms. The molecule has 0 N–H and O–H groups in total. The van der Waals surface area contributed by atoms with Crippen molar-refractivity contribution in [2.24, 2.45) is 0 Å². The summed E-state index contributed by atoms with van der Waals surface area (Å²) in [5.41, 5.74) is 0. The summed E-state index contributed by atoms with van der Waals surface area (Å²) in [6, 6.07) is 11.7. The minimum Gasteiger partial charge on any atom is -0.236 e. The first-order valence-electron chi connectivity index (χ1n) is 5.04. The number of aromatic nitrogens is 4. The highest BCUT2D eigenvalue weighted by Crippen LogP contribution is 2.18. The maximum absolute atomic E-state index is 8.70. The molecule has 0 fully saturated rings. The average Bonchev–Trinajstić information content (AvgIpc) is 2.87. The van der Waals surface area contributed by atoms with Crippen LogP contribution in [0.1, 0.15) is 5.82 Å². The van der Waals surface area contributed by atoms with Crippen LogP contribution in [-0.4, -0.2) is 19.7 Å². The van der Waals surface area contributed by atoms with E-state index in [9.17, 15) is 0 Å². The second-order valence-corrected chi connectivity index (χ2v) is 3.48. The second kappa shape index (κ2) is 3.68. The summed E-state index contributed by atoms with van der Waals surface area (Å²) in [6.07, 6.45) is 3.21. The molecule has 0 aliphatic rings. The first-order valence-corrected chi connectivity index (χ1v) is 5.04. The van der Waals surface area contributed by atoms with Crippen molar-refractivity contribution in [3.05, 3.63) is 48.7 Å². The smallest absolute Gasteiger partial charge is 0.236 e. The summed E-state index contributed by atoms with van der Waals surface area (Å²) < 4.78 is 1.51. The van der Waals surface area contributed by atoms with E-state index in [0.717, 1.165) is 10.8 Å². The van der Waals surface area contributed by atoms with Crippen molar-refractivity contribution >= 4 is 10.8 Å². The largest absolute Gasteiger partial charge is 0.252 e. The molecular weight excluding hydrogens is 214 g/mol. The van der Waals surface area contributed by atoms with E-state index in [1.807, 2.05) is 36.4 Å². The van der Waals surface area contributed by atoms with Crippen LogP contribution in [0, 0.1) is 11.3 Å². The Morgan fingerprint density at radius 3 is 2.82 bits per heavy atom. The van der Waals surface area contributed by atoms with Crippen molar-refractivity contribution in [1.82, 2.24) is 19.7 Å². The van der Waals surface area contributed by atoms with Crippen LogP contribution in [0.2, 0.25) is 0 Å². The molecule has 5 heteroatoms. The molecule has 0 amide bonds. The van der Waals surface area contributed by atoms with Crippen molar-refractivity contribution in [2.45, 2.75) is 0 Å². The van der Waals surface area contributed by atoms with E-state index in [1.165, 1.54) is 11.0 Å². The Balaban J connectivity index is 2.27. The van der Waals surface area contributed by atoms with Gasteiger partial charge in [0, 0.05) is 11.6 Å². The molecule has 0 saturated carbocycles. The summed E-state index contributed by atoms with van der Waals surface area (Å²) >= 11 is 0. The fourth-order valence-electron chi connectivity index (χ4n) is 1.70. The molecule has 0 spiro atoms. The first kappa shape index (κ1) is 9.48. The molecular formula is C12H7N5. The van der Waals surface area contributed by atoms with Crippen LogP contribution < -0.4 is 0 Å². The van der Waals surface area contributed by atoms with Crippen LogP contribution in [0.4, 0.5) is 0 Å². The molecule has 0 saturated heterocycles. The van der Waals surface area contributed by atoms with Crippen LogP contribution in [0.25, 0.3) is 16.6 Å². The first-order chi connectivity index (χ1) is 8.38. The van der Waals surface area contributed by atoms with E-state index in [0.29, 0.717) is 5.82 Å². The fourth-order valence-corrected chi connectivity index (χ4v) is 1.70. The van der Waals surface area contributed by atoms with Crippen LogP contribution in [0.15, 0.2) is 42.9 Å². The van der Waals surface area contributed by atoms with Crippen LogP contribution in [0.5, 0.6) is 0 Å². The predicted molar refractivity (Wildman–Crippen MR) is 61.4 cm³/mol. The van der Waals surface area contributed by atoms with E-state index in [1.54, 1.807) is 6.20 Å². The van der Waals surface area contributed by atoms with Gasteiger partial charge in [-0.05, 0) is 11.5 Å². The van der Waals surface area contributed by atoms with Gasteiger partial charge in [-0.1, -0.05) is 24.3 Å². The molecule has 5 nitrogen and oxygen atoms in total. The van der Waals surface area contributed by atoms with E-state index in [-0.39, 0.29) is 5.82 Å². The summed E-state index contributed by atoms with van der Waals surface area (Å²) in [5.74, 6) is 0.817. The van der Waals surface area contributed by atoms with E-state index < -0.39 is 0 Å². The van der Waals surface area contributed by atoms with Crippen molar-refractivity contribution < 1.29 is 0 Å². The number of hydrogen-bond donors (Lipinski definition) is 0. The summed E-state index contributed by atoms with van der Waals surface area (Å²) in [7, 11) is 0. The van der Waals surface area contributed by atoms with E-state index in [4.69, 9.17) is 5.26 Å². The lowest BCUT2D eigenvalue weighted by Gasteiger charge is -2.03. The third-order valence-electron chi connectivity index (χ3n) is 2.46. The lowest BCUT2D eigenvalue weighted by molar-refractivity contribution is 0.849. The van der Waals surface area contributed by atoms with Crippen molar-refractivity contribution in [3.8, 4) is 11.9 Å². The predicted octanol–water partition coefficient (Wildman–Crippen LogP) is 1.69. The monoisotopic (exact) mass is 221 g/mol. The zero-order chi connectivity index (χ0) is 11.7. The topological polar surface area (TPSA) is 67.4 Å². The van der Waals surface area contributed by atoms with Gasteiger partial charge < -0.3 is 0 Å². The van der Waals surface area contributed by atoms with Gasteiger partial charge >= 0.3 is 0 Å². The highest BCUT2D eigenvalue weighted by molar-refractivity contribution is 5.88. The number of rotatable bonds is 1. The normalized spacial score (nSPS) is 10.3. The van der Waals surface area contributed by atoms with Gasteiger partial charge in [-0.3, -0.25) is 0 Å². The highest BCUT2D eigenvalue weighted by atomic mass is 15.4. The molecule has 2 heterocycles. The SMILES string of the molecule is N#Cc1ncn(-c2nccc3ccccc23)n1. The maximum Gasteiger partial charge on any atom is 0.252 e. The summed E-state index contributed by atoms with van der Waals surface area (Å²) in [4.78, 5) is 8.14. The van der Waals surface area contributed by atoms with Crippen LogP contribution >= 0.6 is 0 Å². The van der Waals surface area contributed by atoms with Crippen LogP contribution in [0.3, 0.4) is 0 Å². The molecule has 3 aromatic rings. The molecule has 2 aromatic heterocycles. The molecule has 0 aliphatic heterocycles. The molecule has 17 heavy (non-hydrogen) atoms. The Morgan fingerprint density at radius 2 is 2.00 bits per heavy atom. The van der Waals surface area contributed by atoms with Gasteiger partial charge in [0.25, 0.3) is 5.82 Å². The third-order valence-corrected chi connectivity index (χ3v) is 2.46. The minimum absolute atomic E-state index is 0.139.